The minimum Gasteiger partial charge on any atom is -0.444 e. The van der Waals surface area contributed by atoms with E-state index in [2.05, 4.69) is 34.2 Å². The summed E-state index contributed by atoms with van der Waals surface area (Å²) in [4.78, 5) is 21.0. The highest BCUT2D eigenvalue weighted by molar-refractivity contribution is 5.95. The van der Waals surface area contributed by atoms with Crippen LogP contribution in [0, 0.1) is 0 Å². The number of benzene rings is 1. The van der Waals surface area contributed by atoms with Crippen LogP contribution in [0.25, 0.3) is 11.3 Å². The highest BCUT2D eigenvalue weighted by Crippen LogP contribution is 2.19. The van der Waals surface area contributed by atoms with E-state index in [-0.39, 0.29) is 5.91 Å². The van der Waals surface area contributed by atoms with Gasteiger partial charge in [-0.3, -0.25) is 4.79 Å². The lowest BCUT2D eigenvalue weighted by atomic mass is 10.0. The summed E-state index contributed by atoms with van der Waals surface area (Å²) in [6.45, 7) is 3.76. The van der Waals surface area contributed by atoms with Crippen LogP contribution in [0.1, 0.15) is 23.2 Å². The van der Waals surface area contributed by atoms with Crippen LogP contribution in [0.2, 0.25) is 0 Å². The van der Waals surface area contributed by atoms with E-state index in [0.717, 1.165) is 25.2 Å². The number of carbonyl (C=O) groups is 1. The van der Waals surface area contributed by atoms with Gasteiger partial charge in [0.1, 0.15) is 0 Å². The van der Waals surface area contributed by atoms with Gasteiger partial charge in [-0.25, -0.2) is 4.98 Å². The van der Waals surface area contributed by atoms with E-state index < -0.39 is 0 Å². The van der Waals surface area contributed by atoms with Crippen LogP contribution in [0.3, 0.4) is 0 Å². The van der Waals surface area contributed by atoms with Crippen molar-refractivity contribution in [2.45, 2.75) is 18.9 Å². The minimum atomic E-state index is -0.0513. The van der Waals surface area contributed by atoms with Crippen molar-refractivity contribution in [3.8, 4) is 11.3 Å². The first-order valence-corrected chi connectivity index (χ1v) is 8.79. The molecule has 134 valence electrons. The highest BCUT2D eigenvalue weighted by atomic mass is 16.3. The van der Waals surface area contributed by atoms with Gasteiger partial charge in [0.15, 0.2) is 12.2 Å². The Hall–Kier alpha value is -2.18. The van der Waals surface area contributed by atoms with Crippen LogP contribution in [-0.2, 0) is 0 Å². The molecular formula is C19H26N4O2. The maximum absolute atomic E-state index is 12.4. The van der Waals surface area contributed by atoms with Gasteiger partial charge in [0.25, 0.3) is 5.91 Å². The SMILES string of the molecule is CN(C)C1CCN(CCNC(=O)c2cccc(-c3cnco3)c2)CC1. The van der Waals surface area contributed by atoms with Gasteiger partial charge < -0.3 is 19.5 Å². The van der Waals surface area contributed by atoms with Crippen molar-refractivity contribution >= 4 is 5.91 Å². The van der Waals surface area contributed by atoms with E-state index in [4.69, 9.17) is 4.42 Å². The second-order valence-corrected chi connectivity index (χ2v) is 6.74. The first-order valence-electron chi connectivity index (χ1n) is 8.79. The molecule has 1 aliphatic rings. The smallest absolute Gasteiger partial charge is 0.251 e. The predicted molar refractivity (Wildman–Crippen MR) is 97.4 cm³/mol. The molecule has 1 amide bonds. The number of likely N-dealkylation sites (tertiary alicyclic amines) is 1. The Morgan fingerprint density at radius 3 is 2.84 bits per heavy atom. The van der Waals surface area contributed by atoms with E-state index in [0.29, 0.717) is 23.9 Å². The number of nitrogens with zero attached hydrogens (tertiary/aromatic N) is 3. The second kappa shape index (κ2) is 8.27. The zero-order valence-electron chi connectivity index (χ0n) is 14.9. The van der Waals surface area contributed by atoms with Gasteiger partial charge in [0.05, 0.1) is 6.20 Å². The topological polar surface area (TPSA) is 61.6 Å². The molecule has 2 aromatic rings. The maximum Gasteiger partial charge on any atom is 0.251 e. The van der Waals surface area contributed by atoms with Crippen LogP contribution in [0.5, 0.6) is 0 Å². The molecule has 1 N–H and O–H groups in total. The Bertz CT molecular complexity index is 676. The van der Waals surface area contributed by atoms with Crippen molar-refractivity contribution in [2.24, 2.45) is 0 Å². The third-order valence-corrected chi connectivity index (χ3v) is 4.84. The molecule has 3 rings (SSSR count). The summed E-state index contributed by atoms with van der Waals surface area (Å²) in [6, 6.07) is 8.10. The molecule has 1 aliphatic heterocycles. The Morgan fingerprint density at radius 1 is 1.36 bits per heavy atom. The van der Waals surface area contributed by atoms with Crippen LogP contribution >= 0.6 is 0 Å². The third-order valence-electron chi connectivity index (χ3n) is 4.84. The fourth-order valence-corrected chi connectivity index (χ4v) is 3.26. The zero-order valence-corrected chi connectivity index (χ0v) is 14.9. The Balaban J connectivity index is 1.46. The average molecular weight is 342 g/mol. The van der Waals surface area contributed by atoms with Crippen LogP contribution in [0.15, 0.2) is 41.3 Å². The van der Waals surface area contributed by atoms with E-state index in [1.807, 2.05) is 24.3 Å². The molecular weight excluding hydrogens is 316 g/mol. The molecule has 1 fully saturated rings. The number of oxazole rings is 1. The predicted octanol–water partition coefficient (Wildman–Crippen LogP) is 2.10. The molecule has 1 saturated heterocycles. The lowest BCUT2D eigenvalue weighted by Gasteiger charge is -2.35. The number of carbonyl (C=O) groups excluding carboxylic acids is 1. The van der Waals surface area contributed by atoms with Crippen molar-refractivity contribution in [3.63, 3.8) is 0 Å². The number of rotatable bonds is 6. The van der Waals surface area contributed by atoms with Gasteiger partial charge in [0.2, 0.25) is 0 Å². The maximum atomic E-state index is 12.4. The van der Waals surface area contributed by atoms with Gasteiger partial charge >= 0.3 is 0 Å². The molecule has 0 unspecified atom stereocenters. The lowest BCUT2D eigenvalue weighted by Crippen LogP contribution is -2.44. The third kappa shape index (κ3) is 4.67. The van der Waals surface area contributed by atoms with Crippen molar-refractivity contribution in [1.29, 1.82) is 0 Å². The van der Waals surface area contributed by atoms with Crippen molar-refractivity contribution < 1.29 is 9.21 Å². The second-order valence-electron chi connectivity index (χ2n) is 6.74. The molecule has 1 aromatic carbocycles. The summed E-state index contributed by atoms with van der Waals surface area (Å²) in [7, 11) is 4.29. The van der Waals surface area contributed by atoms with E-state index >= 15 is 0 Å². The minimum absolute atomic E-state index is 0.0513. The highest BCUT2D eigenvalue weighted by Gasteiger charge is 2.20. The molecule has 2 heterocycles. The molecule has 0 saturated carbocycles. The first-order chi connectivity index (χ1) is 12.1. The molecule has 0 spiro atoms. The van der Waals surface area contributed by atoms with Crippen molar-refractivity contribution in [1.82, 2.24) is 20.1 Å². The molecule has 0 aliphatic carbocycles. The number of hydrogen-bond donors (Lipinski definition) is 1. The molecule has 1 aromatic heterocycles. The summed E-state index contributed by atoms with van der Waals surface area (Å²) in [5, 5.41) is 3.02. The van der Waals surface area contributed by atoms with Gasteiger partial charge in [-0.05, 0) is 52.2 Å². The molecule has 25 heavy (non-hydrogen) atoms. The molecule has 0 radical (unpaired) electrons. The van der Waals surface area contributed by atoms with Crippen LogP contribution in [-0.4, -0.2) is 67.0 Å². The first kappa shape index (κ1) is 17.6. The average Bonchev–Trinajstić information content (AvgIpc) is 3.17. The van der Waals surface area contributed by atoms with Crippen molar-refractivity contribution in [3.05, 3.63) is 42.4 Å². The standard InChI is InChI=1S/C19H26N4O2/c1-22(2)17-6-9-23(10-7-17)11-8-21-19(24)16-5-3-4-15(12-16)18-13-20-14-25-18/h3-5,12-14,17H,6-11H2,1-2H3,(H,21,24). The summed E-state index contributed by atoms with van der Waals surface area (Å²) >= 11 is 0. The van der Waals surface area contributed by atoms with Crippen LogP contribution < -0.4 is 5.32 Å². The number of aromatic nitrogens is 1. The molecule has 0 bridgehead atoms. The number of hydrogen-bond acceptors (Lipinski definition) is 5. The van der Waals surface area contributed by atoms with Gasteiger partial charge in [-0.15, -0.1) is 0 Å². The molecule has 6 nitrogen and oxygen atoms in total. The fraction of sp³-hybridized carbons (Fsp3) is 0.474. The largest absolute Gasteiger partial charge is 0.444 e. The van der Waals surface area contributed by atoms with E-state index in [9.17, 15) is 4.79 Å². The zero-order chi connectivity index (χ0) is 17.6. The summed E-state index contributed by atoms with van der Waals surface area (Å²) in [5.74, 6) is 0.614. The van der Waals surface area contributed by atoms with E-state index in [1.54, 1.807) is 6.20 Å². The molecule has 0 atom stereocenters. The summed E-state index contributed by atoms with van der Waals surface area (Å²) < 4.78 is 5.29. The number of amides is 1. The van der Waals surface area contributed by atoms with Gasteiger partial charge in [-0.1, -0.05) is 12.1 Å². The van der Waals surface area contributed by atoms with Crippen LogP contribution in [0.4, 0.5) is 0 Å². The number of nitrogens with one attached hydrogen (secondary N) is 1. The van der Waals surface area contributed by atoms with Gasteiger partial charge in [0, 0.05) is 30.3 Å². The normalized spacial score (nSPS) is 16.3. The van der Waals surface area contributed by atoms with Crippen molar-refractivity contribution in [2.75, 3.05) is 40.3 Å². The van der Waals surface area contributed by atoms with Gasteiger partial charge in [-0.2, -0.15) is 0 Å². The Morgan fingerprint density at radius 2 is 2.16 bits per heavy atom. The molecule has 6 heteroatoms. The lowest BCUT2D eigenvalue weighted by molar-refractivity contribution is 0.0940. The quantitative estimate of drug-likeness (QED) is 0.871. The fourth-order valence-electron chi connectivity index (χ4n) is 3.26. The summed E-state index contributed by atoms with van der Waals surface area (Å²) in [6.07, 6.45) is 5.43. The van der Waals surface area contributed by atoms with E-state index in [1.165, 1.54) is 19.2 Å². The summed E-state index contributed by atoms with van der Waals surface area (Å²) in [5.41, 5.74) is 1.50. The number of piperidine rings is 1. The monoisotopic (exact) mass is 342 g/mol. The Labute approximate surface area is 148 Å². The Kier molecular flexibility index (Phi) is 5.83.